The lowest BCUT2D eigenvalue weighted by Crippen LogP contribution is -2.11. The number of carboxylic acids is 3. The molecule has 0 amide bonds. The molecule has 0 unspecified atom stereocenters. The van der Waals surface area contributed by atoms with Crippen LogP contribution in [-0.4, -0.2) is 80.9 Å². The Morgan fingerprint density at radius 2 is 1.08 bits per heavy atom. The van der Waals surface area contributed by atoms with Gasteiger partial charge in [0.1, 0.15) is 6.42 Å². The zero-order valence-electron chi connectivity index (χ0n) is 11.7. The average Bonchev–Trinajstić information content (AvgIpc) is 2.40. The van der Waals surface area contributed by atoms with Crippen LogP contribution in [0.15, 0.2) is 0 Å². The molecule has 0 bridgehead atoms. The van der Waals surface area contributed by atoms with Crippen LogP contribution in [0.2, 0.25) is 0 Å². The molecule has 0 saturated carbocycles. The second-order valence-electron chi connectivity index (χ2n) is 3.28. The van der Waals surface area contributed by atoms with Gasteiger partial charge < -0.3 is 35.4 Å². The highest BCUT2D eigenvalue weighted by Crippen LogP contribution is 1.87. The Morgan fingerprint density at radius 3 is 1.29 bits per heavy atom. The monoisotopic (exact) mass is 360 g/mol. The molecule has 11 heteroatoms. The topological polar surface area (TPSA) is 199 Å². The molecule has 0 aliphatic rings. The summed E-state index contributed by atoms with van der Waals surface area (Å²) in [5.41, 5.74) is 0. The van der Waals surface area contributed by atoms with Gasteiger partial charge >= 0.3 is 23.9 Å². The lowest BCUT2D eigenvalue weighted by molar-refractivity contribution is -0.159. The molecule has 146 valence electrons. The minimum Gasteiger partial charge on any atom is -0.481 e. The first-order valence-electron chi connectivity index (χ1n) is 5.89. The summed E-state index contributed by atoms with van der Waals surface area (Å²) in [6, 6.07) is 0. The Labute approximate surface area is 140 Å². The highest BCUT2D eigenvalue weighted by Gasteiger charge is 2.07. The molecule has 0 atom stereocenters. The van der Waals surface area contributed by atoms with Crippen LogP contribution in [0.4, 0.5) is 0 Å². The van der Waals surface area contributed by atoms with Gasteiger partial charge in [0.15, 0.2) is 0 Å². The van der Waals surface area contributed by atoms with Crippen molar-refractivity contribution in [3.05, 3.63) is 0 Å². The zero-order chi connectivity index (χ0) is 18.0. The average molecular weight is 360 g/mol. The number of hydrogen-bond donors (Lipinski definition) is 6. The van der Waals surface area contributed by atoms with E-state index in [1.165, 1.54) is 0 Å². The van der Waals surface area contributed by atoms with Gasteiger partial charge in [0.2, 0.25) is 0 Å². The summed E-state index contributed by atoms with van der Waals surface area (Å²) in [5, 5.41) is 46.9. The number of esters is 1. The van der Waals surface area contributed by atoms with Crippen molar-refractivity contribution in [3.8, 4) is 0 Å². The fourth-order valence-electron chi connectivity index (χ4n) is 0.496. The Kier molecular flexibility index (Phi) is 35.7. The van der Waals surface area contributed by atoms with Crippen molar-refractivity contribution < 1.29 is 54.6 Å². The Hall–Kier alpha value is -2.24. The smallest absolute Gasteiger partial charge is 0.414 e. The molecule has 0 aliphatic carbocycles. The number of hydrogen-bond acceptors (Lipinski definition) is 8. The van der Waals surface area contributed by atoms with Crippen molar-refractivity contribution in [1.29, 1.82) is 0 Å². The van der Waals surface area contributed by atoms with E-state index >= 15 is 0 Å². The molecule has 0 aromatic heterocycles. The van der Waals surface area contributed by atoms with Gasteiger partial charge in [-0.3, -0.25) is 9.59 Å². The van der Waals surface area contributed by atoms with Crippen LogP contribution in [-0.2, 0) is 23.9 Å². The van der Waals surface area contributed by atoms with Gasteiger partial charge in [-0.2, -0.15) is 0 Å². The van der Waals surface area contributed by atoms with Crippen LogP contribution in [0.25, 0.3) is 0 Å². The quantitative estimate of drug-likeness (QED) is 0.143. The fraction of sp³-hybridized carbons (Fsp3) is 0.692. The van der Waals surface area contributed by atoms with Crippen LogP contribution in [0.3, 0.4) is 0 Å². The molecule has 11 nitrogen and oxygen atoms in total. The number of carboxylic acid groups (broad SMARTS) is 3. The van der Waals surface area contributed by atoms with E-state index in [0.29, 0.717) is 12.8 Å². The van der Waals surface area contributed by atoms with E-state index in [1.54, 1.807) is 0 Å². The third kappa shape index (κ3) is 42.7. The molecular formula is C13H28O11. The first kappa shape index (κ1) is 33.4. The number of aliphatic hydroxyl groups is 3. The van der Waals surface area contributed by atoms with Gasteiger partial charge in [-0.15, -0.1) is 0 Å². The second kappa shape index (κ2) is 25.7. The molecule has 6 N–H and O–H groups in total. The molecule has 0 saturated heterocycles. The number of carbonyl (C=O) groups is 4. The normalized spacial score (nSPS) is 7.79. The molecule has 0 fully saturated rings. The largest absolute Gasteiger partial charge is 0.481 e. The van der Waals surface area contributed by atoms with Crippen molar-refractivity contribution >= 4 is 23.9 Å². The third-order valence-corrected chi connectivity index (χ3v) is 1.36. The number of carbonyl (C=O) groups excluding carboxylic acids is 1. The fourth-order valence-corrected chi connectivity index (χ4v) is 0.496. The minimum atomic E-state index is -1.82. The van der Waals surface area contributed by atoms with Gasteiger partial charge in [-0.05, 0) is 6.42 Å². The van der Waals surface area contributed by atoms with Crippen LogP contribution < -0.4 is 0 Å². The molecule has 0 aromatic rings. The molecule has 0 radical (unpaired) electrons. The predicted octanol–water partition coefficient (Wildman–Crippen LogP) is -0.824. The number of aliphatic carboxylic acids is 3. The summed E-state index contributed by atoms with van der Waals surface area (Å²) >= 11 is 0. The van der Waals surface area contributed by atoms with E-state index in [0.717, 1.165) is 0 Å². The van der Waals surface area contributed by atoms with Crippen molar-refractivity contribution in [2.24, 2.45) is 0 Å². The lowest BCUT2D eigenvalue weighted by Gasteiger charge is -1.99. The lowest BCUT2D eigenvalue weighted by atomic mass is 10.4. The van der Waals surface area contributed by atoms with E-state index in [1.807, 2.05) is 0 Å². The maximum absolute atomic E-state index is 10.4. The molecule has 0 spiro atoms. The van der Waals surface area contributed by atoms with Crippen molar-refractivity contribution in [1.82, 2.24) is 0 Å². The molecule has 0 aromatic carbocycles. The second-order valence-corrected chi connectivity index (χ2v) is 3.28. The Balaban J connectivity index is -0.0000000796. The highest BCUT2D eigenvalue weighted by molar-refractivity contribution is 6.27. The molecule has 24 heavy (non-hydrogen) atoms. The summed E-state index contributed by atoms with van der Waals surface area (Å²) < 4.78 is 4.41. The maximum Gasteiger partial charge on any atom is 0.414 e. The van der Waals surface area contributed by atoms with Gasteiger partial charge in [-0.1, -0.05) is 14.9 Å². The van der Waals surface area contributed by atoms with Crippen LogP contribution in [0.1, 0.15) is 34.1 Å². The van der Waals surface area contributed by atoms with Crippen molar-refractivity contribution in [2.75, 3.05) is 26.4 Å². The van der Waals surface area contributed by atoms with Crippen LogP contribution in [0, 0.1) is 0 Å². The van der Waals surface area contributed by atoms with Gasteiger partial charge in [0, 0.05) is 26.2 Å². The Morgan fingerprint density at radius 1 is 0.708 bits per heavy atom. The molecule has 0 aliphatic heterocycles. The van der Waals surface area contributed by atoms with Crippen molar-refractivity contribution in [2.45, 2.75) is 34.1 Å². The predicted molar refractivity (Wildman–Crippen MR) is 82.4 cm³/mol. The number of ether oxygens (including phenoxy) is 1. The van der Waals surface area contributed by atoms with E-state index in [-0.39, 0.29) is 41.3 Å². The first-order chi connectivity index (χ1) is 10.2. The third-order valence-electron chi connectivity index (χ3n) is 1.36. The SMILES string of the molecule is C.C.O=C(O)C(=O)O.O=C(O)CC(=O)OCCCO.OCCCO. The number of aliphatic hydroxyl groups excluding tert-OH is 3. The summed E-state index contributed by atoms with van der Waals surface area (Å²) in [6.07, 6.45) is 0.219. The summed E-state index contributed by atoms with van der Waals surface area (Å²) in [5.74, 6) is -5.63. The molecular weight excluding hydrogens is 332 g/mol. The first-order valence-corrected chi connectivity index (χ1v) is 5.89. The minimum absolute atomic E-state index is 0. The van der Waals surface area contributed by atoms with E-state index in [9.17, 15) is 9.59 Å². The Bertz CT molecular complexity index is 314. The summed E-state index contributed by atoms with van der Waals surface area (Å²) in [4.78, 5) is 38.5. The molecule has 0 heterocycles. The highest BCUT2D eigenvalue weighted by atomic mass is 16.5. The molecule has 0 rings (SSSR count). The van der Waals surface area contributed by atoms with E-state index in [2.05, 4.69) is 4.74 Å². The van der Waals surface area contributed by atoms with Crippen LogP contribution >= 0.6 is 0 Å². The van der Waals surface area contributed by atoms with Crippen molar-refractivity contribution in [3.63, 3.8) is 0 Å². The van der Waals surface area contributed by atoms with Gasteiger partial charge in [-0.25, -0.2) is 9.59 Å². The summed E-state index contributed by atoms with van der Waals surface area (Å²) in [7, 11) is 0. The standard InChI is InChI=1S/C6H10O5.C3H8O2.C2H2O4.2CH4/c7-2-1-3-11-6(10)4-5(8)9;4-2-1-3-5;3-1(4)2(5)6;;/h7H,1-4H2,(H,8,9);4-5H,1-3H2;(H,3,4)(H,5,6);2*1H4. The van der Waals surface area contributed by atoms with Crippen LogP contribution in [0.5, 0.6) is 0 Å². The van der Waals surface area contributed by atoms with E-state index < -0.39 is 30.3 Å². The van der Waals surface area contributed by atoms with Gasteiger partial charge in [0.05, 0.1) is 6.61 Å². The number of rotatable bonds is 7. The van der Waals surface area contributed by atoms with E-state index in [4.69, 9.17) is 40.2 Å². The van der Waals surface area contributed by atoms with Gasteiger partial charge in [0.25, 0.3) is 0 Å². The summed E-state index contributed by atoms with van der Waals surface area (Å²) in [6.45, 7) is 0.190. The maximum atomic E-state index is 10.4. The zero-order valence-corrected chi connectivity index (χ0v) is 11.7.